The second kappa shape index (κ2) is 5.52. The van der Waals surface area contributed by atoms with Gasteiger partial charge in [-0.3, -0.25) is 0 Å². The molecule has 1 aliphatic rings. The Morgan fingerprint density at radius 2 is 1.48 bits per heavy atom. The van der Waals surface area contributed by atoms with Gasteiger partial charge in [-0.15, -0.1) is 11.8 Å². The topological polar surface area (TPSA) is 18.5 Å². The Labute approximate surface area is 127 Å². The van der Waals surface area contributed by atoms with Crippen LogP contribution in [-0.4, -0.2) is 30.2 Å². The van der Waals surface area contributed by atoms with Gasteiger partial charge in [0.2, 0.25) is 0 Å². The van der Waals surface area contributed by atoms with E-state index in [0.29, 0.717) is 4.90 Å². The van der Waals surface area contributed by atoms with Crippen molar-refractivity contribution in [1.82, 2.24) is 0 Å². The van der Waals surface area contributed by atoms with E-state index < -0.39 is 30.2 Å². The number of benzene rings is 1. The first-order valence-corrected chi connectivity index (χ1v) is 7.64. The molecule has 1 fully saturated rings. The Kier molecular flexibility index (Phi) is 4.39. The molecular formula is C14H18BF3O2S. The Hall–Kier alpha value is -0.655. The number of hydrogen-bond acceptors (Lipinski definition) is 3. The van der Waals surface area contributed by atoms with E-state index in [1.807, 2.05) is 27.7 Å². The number of thioether (sulfide) groups is 1. The lowest BCUT2D eigenvalue weighted by Gasteiger charge is -2.32. The Morgan fingerprint density at radius 1 is 1.00 bits per heavy atom. The van der Waals surface area contributed by atoms with Gasteiger partial charge >= 0.3 is 13.3 Å². The maximum atomic E-state index is 12.2. The fourth-order valence-corrected chi connectivity index (χ4v) is 2.52. The molecule has 0 spiro atoms. The first-order chi connectivity index (χ1) is 9.50. The number of rotatable bonds is 3. The van der Waals surface area contributed by atoms with Crippen LogP contribution >= 0.6 is 11.8 Å². The number of alkyl halides is 3. The summed E-state index contributed by atoms with van der Waals surface area (Å²) in [5.74, 6) is -0.886. The monoisotopic (exact) mass is 318 g/mol. The molecule has 1 aliphatic heterocycles. The third kappa shape index (κ3) is 3.96. The Bertz CT molecular complexity index is 484. The molecule has 21 heavy (non-hydrogen) atoms. The minimum Gasteiger partial charge on any atom is -0.399 e. The highest BCUT2D eigenvalue weighted by atomic mass is 32.2. The van der Waals surface area contributed by atoms with Gasteiger partial charge in [-0.05, 0) is 45.3 Å². The quantitative estimate of drug-likeness (QED) is 0.626. The maximum Gasteiger partial charge on any atom is 0.494 e. The number of halogens is 3. The molecule has 0 aromatic heterocycles. The molecule has 1 saturated heterocycles. The van der Waals surface area contributed by atoms with Gasteiger partial charge in [0.15, 0.2) is 0 Å². The van der Waals surface area contributed by atoms with Gasteiger partial charge < -0.3 is 9.31 Å². The SMILES string of the molecule is CC1(C)OB(c2ccc(SCC(F)(F)F)cc2)OC1(C)C. The van der Waals surface area contributed by atoms with Crippen molar-refractivity contribution < 1.29 is 22.5 Å². The molecule has 0 bridgehead atoms. The van der Waals surface area contributed by atoms with Gasteiger partial charge in [-0.2, -0.15) is 13.2 Å². The molecule has 0 aliphatic carbocycles. The third-order valence-corrected chi connectivity index (χ3v) is 4.89. The summed E-state index contributed by atoms with van der Waals surface area (Å²) in [6.45, 7) is 7.84. The first kappa shape index (κ1) is 16.7. The lowest BCUT2D eigenvalue weighted by Crippen LogP contribution is -2.41. The average molecular weight is 318 g/mol. The molecule has 116 valence electrons. The summed E-state index contributed by atoms with van der Waals surface area (Å²) in [6, 6.07) is 6.83. The molecule has 0 unspecified atom stereocenters. The Balaban J connectivity index is 2.04. The van der Waals surface area contributed by atoms with Crippen molar-refractivity contribution in [3.8, 4) is 0 Å². The normalized spacial score (nSPS) is 20.8. The van der Waals surface area contributed by atoms with Gasteiger partial charge in [-0.25, -0.2) is 0 Å². The molecule has 1 aromatic carbocycles. The lowest BCUT2D eigenvalue weighted by molar-refractivity contribution is -0.105. The average Bonchev–Trinajstić information content (AvgIpc) is 2.56. The summed E-state index contributed by atoms with van der Waals surface area (Å²) in [5.41, 5.74) is -0.0482. The largest absolute Gasteiger partial charge is 0.494 e. The highest BCUT2D eigenvalue weighted by Crippen LogP contribution is 2.36. The van der Waals surface area contributed by atoms with Crippen molar-refractivity contribution in [2.45, 2.75) is 50.0 Å². The maximum absolute atomic E-state index is 12.2. The fourth-order valence-electron chi connectivity index (χ4n) is 1.87. The smallest absolute Gasteiger partial charge is 0.399 e. The van der Waals surface area contributed by atoms with E-state index in [4.69, 9.17) is 9.31 Å². The van der Waals surface area contributed by atoms with Gasteiger partial charge in [0.25, 0.3) is 0 Å². The Morgan fingerprint density at radius 3 is 1.90 bits per heavy atom. The second-order valence-electron chi connectivity index (χ2n) is 6.06. The van der Waals surface area contributed by atoms with Crippen molar-refractivity contribution in [2.75, 3.05) is 5.75 Å². The van der Waals surface area contributed by atoms with Crippen molar-refractivity contribution >= 4 is 24.3 Å². The summed E-state index contributed by atoms with van der Waals surface area (Å²) in [7, 11) is -0.489. The molecule has 0 atom stereocenters. The van der Waals surface area contributed by atoms with E-state index in [0.717, 1.165) is 17.2 Å². The third-order valence-electron chi connectivity index (χ3n) is 3.81. The van der Waals surface area contributed by atoms with E-state index in [-0.39, 0.29) is 0 Å². The standard InChI is InChI=1S/C14H18BF3O2S/c1-12(2)13(3,4)20-15(19-12)10-5-7-11(8-6-10)21-9-14(16,17)18/h5-8H,9H2,1-4H3. The zero-order chi connectivity index (χ0) is 15.9. The van der Waals surface area contributed by atoms with Crippen LogP contribution in [0, 0.1) is 0 Å². The number of hydrogen-bond donors (Lipinski definition) is 0. The van der Waals surface area contributed by atoms with E-state index in [1.54, 1.807) is 24.3 Å². The zero-order valence-corrected chi connectivity index (χ0v) is 13.3. The highest BCUT2D eigenvalue weighted by molar-refractivity contribution is 7.99. The van der Waals surface area contributed by atoms with Crippen LogP contribution < -0.4 is 5.46 Å². The molecule has 2 rings (SSSR count). The van der Waals surface area contributed by atoms with Crippen molar-refractivity contribution in [1.29, 1.82) is 0 Å². The van der Waals surface area contributed by atoms with E-state index >= 15 is 0 Å². The molecule has 0 radical (unpaired) electrons. The predicted octanol–water partition coefficient (Wildman–Crippen LogP) is 3.64. The van der Waals surface area contributed by atoms with Crippen LogP contribution in [0.5, 0.6) is 0 Å². The molecule has 7 heteroatoms. The fraction of sp³-hybridized carbons (Fsp3) is 0.571. The zero-order valence-electron chi connectivity index (χ0n) is 12.5. The second-order valence-corrected chi connectivity index (χ2v) is 7.11. The van der Waals surface area contributed by atoms with E-state index in [2.05, 4.69) is 0 Å². The van der Waals surface area contributed by atoms with Crippen LogP contribution in [-0.2, 0) is 9.31 Å². The minimum atomic E-state index is -4.16. The van der Waals surface area contributed by atoms with Crippen LogP contribution in [0.2, 0.25) is 0 Å². The van der Waals surface area contributed by atoms with Crippen molar-refractivity contribution in [3.05, 3.63) is 24.3 Å². The van der Waals surface area contributed by atoms with Crippen molar-refractivity contribution in [3.63, 3.8) is 0 Å². The van der Waals surface area contributed by atoms with E-state index in [1.165, 1.54) is 0 Å². The van der Waals surface area contributed by atoms with Crippen LogP contribution in [0.3, 0.4) is 0 Å². The summed E-state index contributed by atoms with van der Waals surface area (Å²) >= 11 is 0.772. The summed E-state index contributed by atoms with van der Waals surface area (Å²) in [5, 5.41) is 0. The first-order valence-electron chi connectivity index (χ1n) is 6.65. The van der Waals surface area contributed by atoms with Crippen LogP contribution in [0.1, 0.15) is 27.7 Å². The summed E-state index contributed by atoms with van der Waals surface area (Å²) in [6.07, 6.45) is -4.16. The molecule has 0 amide bonds. The molecular weight excluding hydrogens is 300 g/mol. The van der Waals surface area contributed by atoms with Crippen molar-refractivity contribution in [2.24, 2.45) is 0 Å². The molecule has 0 saturated carbocycles. The van der Waals surface area contributed by atoms with Gasteiger partial charge in [0.05, 0.1) is 17.0 Å². The summed E-state index contributed by atoms with van der Waals surface area (Å²) < 4.78 is 48.3. The van der Waals surface area contributed by atoms with Gasteiger partial charge in [0.1, 0.15) is 0 Å². The predicted molar refractivity (Wildman–Crippen MR) is 78.9 cm³/mol. The van der Waals surface area contributed by atoms with Crippen LogP contribution in [0.4, 0.5) is 13.2 Å². The molecule has 2 nitrogen and oxygen atoms in total. The lowest BCUT2D eigenvalue weighted by atomic mass is 9.79. The minimum absolute atomic E-state index is 0.429. The summed E-state index contributed by atoms with van der Waals surface area (Å²) in [4.78, 5) is 0.576. The van der Waals surface area contributed by atoms with Crippen LogP contribution in [0.15, 0.2) is 29.2 Å². The highest BCUT2D eigenvalue weighted by Gasteiger charge is 2.51. The molecule has 1 aromatic rings. The van der Waals surface area contributed by atoms with E-state index in [9.17, 15) is 13.2 Å². The van der Waals surface area contributed by atoms with Gasteiger partial charge in [-0.1, -0.05) is 12.1 Å². The molecule has 1 heterocycles. The molecule has 0 N–H and O–H groups in total. The van der Waals surface area contributed by atoms with Crippen LogP contribution in [0.25, 0.3) is 0 Å². The van der Waals surface area contributed by atoms with Gasteiger partial charge in [0, 0.05) is 4.90 Å².